The van der Waals surface area contributed by atoms with Gasteiger partial charge in [0.25, 0.3) is 0 Å². The average molecular weight is 444 g/mol. The topological polar surface area (TPSA) is 51.0 Å². The van der Waals surface area contributed by atoms with Crippen molar-refractivity contribution < 1.29 is 13.9 Å². The Balaban J connectivity index is 1.55. The van der Waals surface area contributed by atoms with Crippen LogP contribution in [0.1, 0.15) is 25.0 Å². The Morgan fingerprint density at radius 1 is 1.13 bits per heavy atom. The fourth-order valence-corrected chi connectivity index (χ4v) is 4.23. The Hall–Kier alpha value is -2.28. The number of benzene rings is 1. The molecule has 4 rings (SSSR count). The van der Waals surface area contributed by atoms with Crippen LogP contribution in [0.5, 0.6) is 11.5 Å². The average Bonchev–Trinajstić information content (AvgIpc) is 3.42. The fourth-order valence-electron chi connectivity index (χ4n) is 3.98. The lowest BCUT2D eigenvalue weighted by molar-refractivity contribution is 0.254. The normalized spacial score (nSPS) is 14.6. The molecule has 2 aromatic heterocycles. The van der Waals surface area contributed by atoms with Crippen molar-refractivity contribution in [1.29, 1.82) is 0 Å². The molecule has 31 heavy (non-hydrogen) atoms. The van der Waals surface area contributed by atoms with Crippen molar-refractivity contribution in [2.24, 2.45) is 0 Å². The van der Waals surface area contributed by atoms with Gasteiger partial charge in [0.05, 0.1) is 30.8 Å². The number of nitrogens with zero attached hydrogens (tertiary/aromatic N) is 3. The molecule has 7 heteroatoms. The number of likely N-dealkylation sites (tertiary alicyclic amines) is 1. The van der Waals surface area contributed by atoms with E-state index in [9.17, 15) is 0 Å². The van der Waals surface area contributed by atoms with Crippen molar-refractivity contribution in [1.82, 2.24) is 14.8 Å². The predicted molar refractivity (Wildman–Crippen MR) is 124 cm³/mol. The molecule has 6 nitrogen and oxygen atoms in total. The molecule has 0 unspecified atom stereocenters. The number of fused-ring (bicyclic) bond motifs is 1. The standard InChI is InChI=1S/C24H30ClN3O3/c1-27(2)16-17-7-8-22(31-17)21-14-19(25)18-13-23(29-3)24(15-20(18)26-21)30-12-6-11-28-9-4-5-10-28/h7-8,13-15H,4-6,9-12,16H2,1-3H3. The fraction of sp³-hybridized carbons (Fsp3) is 0.458. The summed E-state index contributed by atoms with van der Waals surface area (Å²) < 4.78 is 17.6. The first-order valence-electron chi connectivity index (χ1n) is 10.8. The van der Waals surface area contributed by atoms with Crippen molar-refractivity contribution in [3.8, 4) is 23.0 Å². The summed E-state index contributed by atoms with van der Waals surface area (Å²) in [5.41, 5.74) is 1.45. The van der Waals surface area contributed by atoms with Gasteiger partial charge in [-0.2, -0.15) is 0 Å². The second-order valence-electron chi connectivity index (χ2n) is 8.26. The summed E-state index contributed by atoms with van der Waals surface area (Å²) in [6.07, 6.45) is 3.59. The highest BCUT2D eigenvalue weighted by Crippen LogP contribution is 2.37. The molecular weight excluding hydrogens is 414 g/mol. The molecule has 1 aliphatic rings. The molecule has 1 aromatic carbocycles. The highest BCUT2D eigenvalue weighted by atomic mass is 35.5. The van der Waals surface area contributed by atoms with Gasteiger partial charge in [0.2, 0.25) is 0 Å². The minimum Gasteiger partial charge on any atom is -0.493 e. The van der Waals surface area contributed by atoms with E-state index in [-0.39, 0.29) is 0 Å². The van der Waals surface area contributed by atoms with E-state index >= 15 is 0 Å². The van der Waals surface area contributed by atoms with Crippen LogP contribution in [0.4, 0.5) is 0 Å². The lowest BCUT2D eigenvalue weighted by Gasteiger charge is -2.16. The van der Waals surface area contributed by atoms with E-state index in [0.29, 0.717) is 34.6 Å². The van der Waals surface area contributed by atoms with Crippen LogP contribution in [0.3, 0.4) is 0 Å². The van der Waals surface area contributed by atoms with Crippen molar-refractivity contribution >= 4 is 22.5 Å². The molecule has 0 aliphatic carbocycles. The smallest absolute Gasteiger partial charge is 0.163 e. The van der Waals surface area contributed by atoms with Crippen molar-refractivity contribution in [3.05, 3.63) is 41.1 Å². The van der Waals surface area contributed by atoms with Crippen molar-refractivity contribution in [2.75, 3.05) is 47.4 Å². The molecule has 3 aromatic rings. The summed E-state index contributed by atoms with van der Waals surface area (Å²) in [5.74, 6) is 2.93. The number of rotatable bonds is 9. The summed E-state index contributed by atoms with van der Waals surface area (Å²) in [6.45, 7) is 4.84. The zero-order valence-corrected chi connectivity index (χ0v) is 19.2. The van der Waals surface area contributed by atoms with Crippen LogP contribution in [-0.4, -0.2) is 62.2 Å². The highest BCUT2D eigenvalue weighted by Gasteiger charge is 2.15. The summed E-state index contributed by atoms with van der Waals surface area (Å²) in [4.78, 5) is 9.34. The molecule has 0 radical (unpaired) electrons. The lowest BCUT2D eigenvalue weighted by Crippen LogP contribution is -2.21. The van der Waals surface area contributed by atoms with Gasteiger partial charge < -0.3 is 23.7 Å². The first-order chi connectivity index (χ1) is 15.0. The van der Waals surface area contributed by atoms with E-state index in [2.05, 4.69) is 9.80 Å². The maximum atomic E-state index is 6.59. The van der Waals surface area contributed by atoms with Crippen LogP contribution in [0, 0.1) is 0 Å². The molecule has 0 atom stereocenters. The third kappa shape index (κ3) is 5.32. The van der Waals surface area contributed by atoms with Crippen molar-refractivity contribution in [3.63, 3.8) is 0 Å². The third-order valence-corrected chi connectivity index (χ3v) is 5.82. The molecule has 0 spiro atoms. The van der Waals surface area contributed by atoms with E-state index in [0.717, 1.165) is 36.2 Å². The number of hydrogen-bond donors (Lipinski definition) is 0. The second kappa shape index (κ2) is 9.90. The Morgan fingerprint density at radius 3 is 2.68 bits per heavy atom. The lowest BCUT2D eigenvalue weighted by atomic mass is 10.1. The van der Waals surface area contributed by atoms with Gasteiger partial charge in [0.15, 0.2) is 17.3 Å². The Bertz CT molecular complexity index is 1030. The number of ether oxygens (including phenoxy) is 2. The van der Waals surface area contributed by atoms with Crippen LogP contribution in [0.2, 0.25) is 5.02 Å². The zero-order valence-electron chi connectivity index (χ0n) is 18.5. The summed E-state index contributed by atoms with van der Waals surface area (Å²) in [7, 11) is 5.66. The predicted octanol–water partition coefficient (Wildman–Crippen LogP) is 5.08. The highest BCUT2D eigenvalue weighted by molar-refractivity contribution is 6.35. The molecule has 1 aliphatic heterocycles. The van der Waals surface area contributed by atoms with Crippen LogP contribution in [0.15, 0.2) is 34.7 Å². The van der Waals surface area contributed by atoms with Crippen LogP contribution >= 0.6 is 11.6 Å². The van der Waals surface area contributed by atoms with Crippen LogP contribution in [0.25, 0.3) is 22.4 Å². The third-order valence-electron chi connectivity index (χ3n) is 5.50. The number of hydrogen-bond acceptors (Lipinski definition) is 6. The largest absolute Gasteiger partial charge is 0.493 e. The van der Waals surface area contributed by atoms with Gasteiger partial charge in [-0.25, -0.2) is 4.98 Å². The quantitative estimate of drug-likeness (QED) is 0.430. The Labute approximate surface area is 188 Å². The van der Waals surface area contributed by atoms with E-state index in [1.807, 2.05) is 44.4 Å². The maximum Gasteiger partial charge on any atom is 0.163 e. The molecule has 1 fully saturated rings. The summed E-state index contributed by atoms with van der Waals surface area (Å²) in [6, 6.07) is 9.53. The van der Waals surface area contributed by atoms with E-state index in [1.54, 1.807) is 7.11 Å². The van der Waals surface area contributed by atoms with Gasteiger partial charge in [-0.15, -0.1) is 0 Å². The molecular formula is C24H30ClN3O3. The van der Waals surface area contributed by atoms with Gasteiger partial charge >= 0.3 is 0 Å². The van der Waals surface area contributed by atoms with Crippen molar-refractivity contribution in [2.45, 2.75) is 25.8 Å². The summed E-state index contributed by atoms with van der Waals surface area (Å²) >= 11 is 6.59. The SMILES string of the molecule is COc1cc2c(Cl)cc(-c3ccc(CN(C)C)o3)nc2cc1OCCCN1CCCC1. The molecule has 0 saturated carbocycles. The first kappa shape index (κ1) is 21.9. The number of pyridine rings is 1. The van der Waals surface area contributed by atoms with Crippen LogP contribution in [-0.2, 0) is 6.54 Å². The first-order valence-corrected chi connectivity index (χ1v) is 11.2. The molecule has 0 N–H and O–H groups in total. The number of halogens is 1. The number of furan rings is 1. The number of methoxy groups -OCH3 is 1. The minimum absolute atomic E-state index is 0.601. The minimum atomic E-state index is 0.601. The summed E-state index contributed by atoms with van der Waals surface area (Å²) in [5, 5.41) is 1.43. The van der Waals surface area contributed by atoms with E-state index in [4.69, 9.17) is 30.5 Å². The zero-order chi connectivity index (χ0) is 21.8. The second-order valence-corrected chi connectivity index (χ2v) is 8.67. The molecule has 0 bridgehead atoms. The van der Waals surface area contributed by atoms with Gasteiger partial charge in [0, 0.05) is 18.0 Å². The van der Waals surface area contributed by atoms with E-state index < -0.39 is 0 Å². The monoisotopic (exact) mass is 443 g/mol. The molecule has 0 amide bonds. The van der Waals surface area contributed by atoms with E-state index in [1.165, 1.54) is 25.9 Å². The van der Waals surface area contributed by atoms with Gasteiger partial charge in [-0.1, -0.05) is 11.6 Å². The van der Waals surface area contributed by atoms with Crippen LogP contribution < -0.4 is 9.47 Å². The molecule has 3 heterocycles. The molecule has 1 saturated heterocycles. The Kier molecular flexibility index (Phi) is 7.00. The van der Waals surface area contributed by atoms with Gasteiger partial charge in [-0.3, -0.25) is 0 Å². The molecule has 166 valence electrons. The van der Waals surface area contributed by atoms with Gasteiger partial charge in [-0.05, 0) is 70.7 Å². The maximum absolute atomic E-state index is 6.59. The van der Waals surface area contributed by atoms with Gasteiger partial charge in [0.1, 0.15) is 11.5 Å². The number of aromatic nitrogens is 1. The Morgan fingerprint density at radius 2 is 1.94 bits per heavy atom.